The van der Waals surface area contributed by atoms with E-state index in [-0.39, 0.29) is 0 Å². The number of rotatable bonds is 4. The molecular formula is C12H10BrNOS2. The lowest BCUT2D eigenvalue weighted by Gasteiger charge is -2.11. The third-order valence-corrected chi connectivity index (χ3v) is 3.89. The van der Waals surface area contributed by atoms with Crippen LogP contribution in [0.3, 0.4) is 0 Å². The van der Waals surface area contributed by atoms with Crippen molar-refractivity contribution in [1.29, 1.82) is 0 Å². The predicted molar refractivity (Wildman–Crippen MR) is 78.7 cm³/mol. The van der Waals surface area contributed by atoms with Gasteiger partial charge in [-0.05, 0) is 39.5 Å². The second-order valence-corrected chi connectivity index (χ2v) is 5.67. The van der Waals surface area contributed by atoms with Gasteiger partial charge in [-0.25, -0.2) is 0 Å². The summed E-state index contributed by atoms with van der Waals surface area (Å²) < 4.78 is 6.59. The Bertz CT molecular complexity index is 525. The van der Waals surface area contributed by atoms with Gasteiger partial charge < -0.3 is 10.5 Å². The van der Waals surface area contributed by atoms with Gasteiger partial charge in [-0.15, -0.1) is 11.3 Å². The molecule has 0 spiro atoms. The zero-order valence-corrected chi connectivity index (χ0v) is 12.1. The lowest BCUT2D eigenvalue weighted by atomic mass is 10.2. The van der Waals surface area contributed by atoms with Gasteiger partial charge in [0.25, 0.3) is 0 Å². The first-order valence-corrected chi connectivity index (χ1v) is 7.00. The van der Waals surface area contributed by atoms with Crippen LogP contribution in [0.15, 0.2) is 40.2 Å². The summed E-state index contributed by atoms with van der Waals surface area (Å²) in [6, 6.07) is 9.69. The van der Waals surface area contributed by atoms with Gasteiger partial charge in [0.2, 0.25) is 0 Å². The van der Waals surface area contributed by atoms with E-state index in [1.807, 2.05) is 35.7 Å². The molecule has 2 aromatic rings. The summed E-state index contributed by atoms with van der Waals surface area (Å²) in [7, 11) is 0. The minimum absolute atomic E-state index is 0.332. The van der Waals surface area contributed by atoms with Crippen molar-refractivity contribution in [3.05, 3.63) is 50.6 Å². The van der Waals surface area contributed by atoms with Crippen LogP contribution >= 0.6 is 39.5 Å². The van der Waals surface area contributed by atoms with E-state index < -0.39 is 0 Å². The lowest BCUT2D eigenvalue weighted by molar-refractivity contribution is 0.309. The summed E-state index contributed by atoms with van der Waals surface area (Å²) in [6.07, 6.45) is 0. The number of nitrogens with two attached hydrogens (primary N) is 1. The Kier molecular flexibility index (Phi) is 4.15. The molecule has 0 saturated heterocycles. The van der Waals surface area contributed by atoms with Gasteiger partial charge in [0.15, 0.2) is 0 Å². The molecule has 88 valence electrons. The Morgan fingerprint density at radius 3 is 2.82 bits per heavy atom. The number of hydrogen-bond donors (Lipinski definition) is 1. The number of halogens is 1. The second-order valence-electron chi connectivity index (χ2n) is 3.35. The van der Waals surface area contributed by atoms with Crippen molar-refractivity contribution in [2.45, 2.75) is 6.61 Å². The van der Waals surface area contributed by atoms with E-state index in [2.05, 4.69) is 15.9 Å². The summed E-state index contributed by atoms with van der Waals surface area (Å²) in [6.45, 7) is 0.531. The fourth-order valence-electron chi connectivity index (χ4n) is 1.41. The normalized spacial score (nSPS) is 10.2. The largest absolute Gasteiger partial charge is 0.487 e. The first kappa shape index (κ1) is 12.5. The Morgan fingerprint density at radius 1 is 1.35 bits per heavy atom. The Balaban J connectivity index is 2.21. The van der Waals surface area contributed by atoms with Crippen LogP contribution in [0.1, 0.15) is 10.4 Å². The van der Waals surface area contributed by atoms with E-state index in [4.69, 9.17) is 22.7 Å². The molecule has 0 fully saturated rings. The van der Waals surface area contributed by atoms with E-state index in [0.717, 1.165) is 10.0 Å². The van der Waals surface area contributed by atoms with Gasteiger partial charge in [0.1, 0.15) is 17.3 Å². The molecule has 0 aliphatic carbocycles. The maximum atomic E-state index is 5.74. The number of thiocarbonyl (C=S) groups is 1. The minimum Gasteiger partial charge on any atom is -0.487 e. The maximum absolute atomic E-state index is 5.74. The van der Waals surface area contributed by atoms with E-state index in [9.17, 15) is 0 Å². The Labute approximate surface area is 118 Å². The van der Waals surface area contributed by atoms with Crippen LogP contribution in [0.5, 0.6) is 5.75 Å². The molecule has 17 heavy (non-hydrogen) atoms. The third kappa shape index (κ3) is 3.06. The Hall–Kier alpha value is -0.910. The van der Waals surface area contributed by atoms with Gasteiger partial charge in [0.05, 0.1) is 5.56 Å². The summed E-state index contributed by atoms with van der Waals surface area (Å²) >= 11 is 10.1. The molecule has 0 amide bonds. The highest BCUT2D eigenvalue weighted by Gasteiger charge is 2.10. The number of benzene rings is 1. The summed E-state index contributed by atoms with van der Waals surface area (Å²) in [5, 5.41) is 2.02. The molecule has 0 bridgehead atoms. The molecule has 0 saturated carbocycles. The van der Waals surface area contributed by atoms with Crippen LogP contribution in [0.25, 0.3) is 0 Å². The number of ether oxygens (including phenoxy) is 1. The number of thiophene rings is 1. The van der Waals surface area contributed by atoms with E-state index in [1.165, 1.54) is 4.88 Å². The zero-order chi connectivity index (χ0) is 12.3. The smallest absolute Gasteiger partial charge is 0.131 e. The fraction of sp³-hybridized carbons (Fsp3) is 0.0833. The second kappa shape index (κ2) is 5.62. The SMILES string of the molecule is NC(=S)c1c(Br)cccc1OCc1cccs1. The van der Waals surface area contributed by atoms with Crippen molar-refractivity contribution in [3.63, 3.8) is 0 Å². The molecule has 1 heterocycles. The van der Waals surface area contributed by atoms with E-state index in [1.54, 1.807) is 11.3 Å². The minimum atomic E-state index is 0.332. The Morgan fingerprint density at radius 2 is 2.18 bits per heavy atom. The highest BCUT2D eigenvalue weighted by atomic mass is 79.9. The van der Waals surface area contributed by atoms with Gasteiger partial charge >= 0.3 is 0 Å². The topological polar surface area (TPSA) is 35.2 Å². The molecule has 2 nitrogen and oxygen atoms in total. The van der Waals surface area contributed by atoms with Crippen molar-refractivity contribution < 1.29 is 4.74 Å². The van der Waals surface area contributed by atoms with Crippen LogP contribution in [0, 0.1) is 0 Å². The first-order chi connectivity index (χ1) is 8.18. The highest BCUT2D eigenvalue weighted by Crippen LogP contribution is 2.27. The molecule has 5 heteroatoms. The van der Waals surface area contributed by atoms with E-state index >= 15 is 0 Å². The average Bonchev–Trinajstić information content (AvgIpc) is 2.78. The third-order valence-electron chi connectivity index (χ3n) is 2.17. The van der Waals surface area contributed by atoms with Crippen molar-refractivity contribution in [3.8, 4) is 5.75 Å². The molecule has 2 rings (SSSR count). The zero-order valence-electron chi connectivity index (χ0n) is 8.85. The quantitative estimate of drug-likeness (QED) is 0.869. The summed E-state index contributed by atoms with van der Waals surface area (Å²) in [4.78, 5) is 1.50. The molecule has 0 unspecified atom stereocenters. The van der Waals surface area contributed by atoms with Gasteiger partial charge in [-0.2, -0.15) is 0 Å². The van der Waals surface area contributed by atoms with E-state index in [0.29, 0.717) is 17.3 Å². The van der Waals surface area contributed by atoms with Crippen molar-refractivity contribution in [1.82, 2.24) is 0 Å². The average molecular weight is 328 g/mol. The molecule has 0 aliphatic heterocycles. The standard InChI is InChI=1S/C12H10BrNOS2/c13-9-4-1-5-10(11(9)12(14)16)15-7-8-3-2-6-17-8/h1-6H,7H2,(H2,14,16). The van der Waals surface area contributed by atoms with Gasteiger partial charge in [-0.1, -0.05) is 24.4 Å². The molecule has 0 aliphatic rings. The summed E-state index contributed by atoms with van der Waals surface area (Å²) in [5.41, 5.74) is 6.44. The van der Waals surface area contributed by atoms with Crippen LogP contribution < -0.4 is 10.5 Å². The number of hydrogen-bond acceptors (Lipinski definition) is 3. The van der Waals surface area contributed by atoms with Gasteiger partial charge in [0, 0.05) is 9.35 Å². The molecule has 2 N–H and O–H groups in total. The van der Waals surface area contributed by atoms with Crippen LogP contribution in [0.4, 0.5) is 0 Å². The first-order valence-electron chi connectivity index (χ1n) is 4.92. The lowest BCUT2D eigenvalue weighted by Crippen LogP contribution is -2.12. The predicted octanol–water partition coefficient (Wildman–Crippen LogP) is 3.72. The van der Waals surface area contributed by atoms with Crippen LogP contribution in [0.2, 0.25) is 0 Å². The van der Waals surface area contributed by atoms with Crippen molar-refractivity contribution in [2.24, 2.45) is 5.73 Å². The molecule has 1 aromatic heterocycles. The monoisotopic (exact) mass is 327 g/mol. The fourth-order valence-corrected chi connectivity index (χ4v) is 2.93. The van der Waals surface area contributed by atoms with Crippen LogP contribution in [-0.4, -0.2) is 4.99 Å². The van der Waals surface area contributed by atoms with Crippen molar-refractivity contribution in [2.75, 3.05) is 0 Å². The van der Waals surface area contributed by atoms with Crippen LogP contribution in [-0.2, 0) is 6.61 Å². The van der Waals surface area contributed by atoms with Gasteiger partial charge in [-0.3, -0.25) is 0 Å². The molecule has 0 atom stereocenters. The summed E-state index contributed by atoms with van der Waals surface area (Å²) in [5.74, 6) is 0.709. The molecular weight excluding hydrogens is 318 g/mol. The highest BCUT2D eigenvalue weighted by molar-refractivity contribution is 9.10. The van der Waals surface area contributed by atoms with Crippen molar-refractivity contribution >= 4 is 44.5 Å². The molecule has 0 radical (unpaired) electrons. The maximum Gasteiger partial charge on any atom is 0.131 e. The molecule has 1 aromatic carbocycles.